The Labute approximate surface area is 121 Å². The highest BCUT2D eigenvalue weighted by atomic mass is 16.4. The predicted molar refractivity (Wildman–Crippen MR) is 78.8 cm³/mol. The fourth-order valence-corrected chi connectivity index (χ4v) is 2.47. The van der Waals surface area contributed by atoms with E-state index >= 15 is 0 Å². The maximum atomic E-state index is 11.9. The van der Waals surface area contributed by atoms with Gasteiger partial charge in [0.25, 0.3) is 0 Å². The van der Waals surface area contributed by atoms with Crippen LogP contribution >= 0.6 is 0 Å². The Bertz CT molecular complexity index is 747. The zero-order chi connectivity index (χ0) is 14.8. The molecule has 106 valence electrons. The van der Waals surface area contributed by atoms with Crippen LogP contribution < -0.4 is 0 Å². The van der Waals surface area contributed by atoms with Crippen LogP contribution in [-0.2, 0) is 16.1 Å². The van der Waals surface area contributed by atoms with E-state index in [0.29, 0.717) is 0 Å². The molecule has 0 fully saturated rings. The fourth-order valence-electron chi connectivity index (χ4n) is 2.47. The first kappa shape index (κ1) is 13.3. The van der Waals surface area contributed by atoms with Gasteiger partial charge in [0.1, 0.15) is 5.71 Å². The summed E-state index contributed by atoms with van der Waals surface area (Å²) in [5.41, 5.74) is 0.992. The molecule has 0 atom stereocenters. The van der Waals surface area contributed by atoms with Crippen LogP contribution in [0.5, 0.6) is 0 Å². The number of carboxylic acids is 1. The summed E-state index contributed by atoms with van der Waals surface area (Å²) in [7, 11) is 0. The van der Waals surface area contributed by atoms with Crippen molar-refractivity contribution in [3.63, 3.8) is 0 Å². The second-order valence-electron chi connectivity index (χ2n) is 4.94. The summed E-state index contributed by atoms with van der Waals surface area (Å²) in [6.07, 6.45) is 0.385. The summed E-state index contributed by atoms with van der Waals surface area (Å²) in [5.74, 6) is -1.21. The van der Waals surface area contributed by atoms with Crippen molar-refractivity contribution in [2.45, 2.75) is 19.4 Å². The molecule has 21 heavy (non-hydrogen) atoms. The first-order chi connectivity index (χ1) is 10.1. The molecule has 2 aromatic rings. The smallest absolute Gasteiger partial charge is 0.352 e. The fraction of sp³-hybridized carbons (Fsp3) is 0.188. The number of fused-ring (bicyclic) bond motifs is 1. The van der Waals surface area contributed by atoms with Gasteiger partial charge in [0.2, 0.25) is 5.91 Å². The molecule has 0 bridgehead atoms. The molecule has 1 heterocycles. The van der Waals surface area contributed by atoms with Crippen molar-refractivity contribution in [2.75, 3.05) is 0 Å². The topological polar surface area (TPSA) is 70.0 Å². The van der Waals surface area contributed by atoms with E-state index in [1.54, 1.807) is 0 Å². The van der Waals surface area contributed by atoms with Crippen molar-refractivity contribution >= 4 is 28.4 Å². The van der Waals surface area contributed by atoms with Gasteiger partial charge in [-0.2, -0.15) is 5.10 Å². The summed E-state index contributed by atoms with van der Waals surface area (Å²) >= 11 is 0. The van der Waals surface area contributed by atoms with E-state index in [1.165, 1.54) is 5.01 Å². The quantitative estimate of drug-likeness (QED) is 0.939. The molecule has 3 rings (SSSR count). The molecule has 1 aliphatic heterocycles. The number of hydrazone groups is 1. The van der Waals surface area contributed by atoms with Crippen LogP contribution in [-0.4, -0.2) is 27.7 Å². The summed E-state index contributed by atoms with van der Waals surface area (Å²) in [6.45, 7) is 0.289. The Morgan fingerprint density at radius 1 is 1.14 bits per heavy atom. The van der Waals surface area contributed by atoms with Crippen LogP contribution in [0, 0.1) is 0 Å². The van der Waals surface area contributed by atoms with Crippen LogP contribution in [0.4, 0.5) is 0 Å². The third kappa shape index (κ3) is 2.63. The van der Waals surface area contributed by atoms with Gasteiger partial charge in [-0.3, -0.25) is 4.79 Å². The SMILES string of the molecule is O=C(O)C1=NN(Cc2cccc3ccccc23)C(=O)CC1. The van der Waals surface area contributed by atoms with E-state index in [-0.39, 0.29) is 31.0 Å². The van der Waals surface area contributed by atoms with Crippen molar-refractivity contribution in [2.24, 2.45) is 5.10 Å². The maximum Gasteiger partial charge on any atom is 0.352 e. The van der Waals surface area contributed by atoms with Gasteiger partial charge in [-0.15, -0.1) is 0 Å². The average molecular weight is 282 g/mol. The van der Waals surface area contributed by atoms with Gasteiger partial charge < -0.3 is 5.11 Å². The number of hydrogen-bond acceptors (Lipinski definition) is 3. The lowest BCUT2D eigenvalue weighted by Crippen LogP contribution is -2.33. The summed E-state index contributed by atoms with van der Waals surface area (Å²) in [4.78, 5) is 22.9. The van der Waals surface area contributed by atoms with Crippen molar-refractivity contribution in [1.29, 1.82) is 0 Å². The number of benzene rings is 2. The second kappa shape index (κ2) is 5.36. The Morgan fingerprint density at radius 2 is 1.90 bits per heavy atom. The molecular weight excluding hydrogens is 268 g/mol. The molecule has 0 unspecified atom stereocenters. The van der Waals surface area contributed by atoms with Gasteiger partial charge in [0.15, 0.2) is 0 Å². The van der Waals surface area contributed by atoms with Gasteiger partial charge in [-0.1, -0.05) is 42.5 Å². The lowest BCUT2D eigenvalue weighted by Gasteiger charge is -2.22. The predicted octanol–water partition coefficient (Wildman–Crippen LogP) is 2.40. The lowest BCUT2D eigenvalue weighted by molar-refractivity contribution is -0.133. The lowest BCUT2D eigenvalue weighted by atomic mass is 10.0. The maximum absolute atomic E-state index is 11.9. The number of carbonyl (C=O) groups is 2. The number of hydrogen-bond donors (Lipinski definition) is 1. The van der Waals surface area contributed by atoms with E-state index < -0.39 is 5.97 Å². The van der Waals surface area contributed by atoms with Crippen LogP contribution in [0.2, 0.25) is 0 Å². The van der Waals surface area contributed by atoms with Gasteiger partial charge in [0, 0.05) is 12.8 Å². The van der Waals surface area contributed by atoms with Crippen LogP contribution in [0.25, 0.3) is 10.8 Å². The summed E-state index contributed by atoms with van der Waals surface area (Å²) < 4.78 is 0. The van der Waals surface area contributed by atoms with E-state index in [2.05, 4.69) is 5.10 Å². The standard InChI is InChI=1S/C16H14N2O3/c19-15-9-8-14(16(20)21)17-18(15)10-12-6-3-5-11-4-1-2-7-13(11)12/h1-7H,8-10H2,(H,20,21). The van der Waals surface area contributed by atoms with E-state index in [1.807, 2.05) is 42.5 Å². The third-order valence-corrected chi connectivity index (χ3v) is 3.55. The minimum atomic E-state index is -1.06. The van der Waals surface area contributed by atoms with E-state index in [9.17, 15) is 9.59 Å². The molecular formula is C16H14N2O3. The van der Waals surface area contributed by atoms with Gasteiger partial charge in [0.05, 0.1) is 6.54 Å². The number of carboxylic acid groups (broad SMARTS) is 1. The highest BCUT2D eigenvalue weighted by molar-refractivity contribution is 6.36. The monoisotopic (exact) mass is 282 g/mol. The highest BCUT2D eigenvalue weighted by Gasteiger charge is 2.24. The third-order valence-electron chi connectivity index (χ3n) is 3.55. The molecule has 0 saturated heterocycles. The number of amides is 1. The number of aliphatic carboxylic acids is 1. The Morgan fingerprint density at radius 3 is 2.71 bits per heavy atom. The molecule has 1 aliphatic rings. The summed E-state index contributed by atoms with van der Waals surface area (Å²) in [5, 5.41) is 16.4. The molecule has 0 spiro atoms. The zero-order valence-corrected chi connectivity index (χ0v) is 11.3. The van der Waals surface area contributed by atoms with Gasteiger partial charge >= 0.3 is 5.97 Å². The van der Waals surface area contributed by atoms with E-state index in [4.69, 9.17) is 5.11 Å². The van der Waals surface area contributed by atoms with Crippen LogP contribution in [0.15, 0.2) is 47.6 Å². The molecule has 2 aromatic carbocycles. The number of nitrogens with zero attached hydrogens (tertiary/aromatic N) is 2. The molecule has 1 amide bonds. The zero-order valence-electron chi connectivity index (χ0n) is 11.3. The molecule has 0 aliphatic carbocycles. The Hall–Kier alpha value is -2.69. The molecule has 0 radical (unpaired) electrons. The number of rotatable bonds is 3. The summed E-state index contributed by atoms with van der Waals surface area (Å²) in [6, 6.07) is 13.7. The van der Waals surface area contributed by atoms with Crippen molar-refractivity contribution < 1.29 is 14.7 Å². The Kier molecular flexibility index (Phi) is 3.39. The minimum absolute atomic E-state index is 0.0369. The van der Waals surface area contributed by atoms with Crippen molar-refractivity contribution in [3.8, 4) is 0 Å². The second-order valence-corrected chi connectivity index (χ2v) is 4.94. The van der Waals surface area contributed by atoms with Crippen LogP contribution in [0.1, 0.15) is 18.4 Å². The van der Waals surface area contributed by atoms with Gasteiger partial charge in [-0.25, -0.2) is 9.80 Å². The Balaban J connectivity index is 1.96. The largest absolute Gasteiger partial charge is 0.477 e. The molecule has 1 N–H and O–H groups in total. The first-order valence-electron chi connectivity index (χ1n) is 6.73. The van der Waals surface area contributed by atoms with Crippen molar-refractivity contribution in [1.82, 2.24) is 5.01 Å². The minimum Gasteiger partial charge on any atom is -0.477 e. The van der Waals surface area contributed by atoms with E-state index in [0.717, 1.165) is 16.3 Å². The van der Waals surface area contributed by atoms with Crippen molar-refractivity contribution in [3.05, 3.63) is 48.0 Å². The molecule has 0 saturated carbocycles. The van der Waals surface area contributed by atoms with Gasteiger partial charge in [-0.05, 0) is 16.3 Å². The first-order valence-corrected chi connectivity index (χ1v) is 6.73. The normalized spacial score (nSPS) is 15.1. The molecule has 5 nitrogen and oxygen atoms in total. The average Bonchev–Trinajstić information content (AvgIpc) is 2.49. The number of carbonyl (C=O) groups excluding carboxylic acids is 1. The molecule has 5 heteroatoms. The van der Waals surface area contributed by atoms with Crippen LogP contribution in [0.3, 0.4) is 0 Å². The molecule has 0 aromatic heterocycles. The highest BCUT2D eigenvalue weighted by Crippen LogP contribution is 2.21.